The smallest absolute Gasteiger partial charge is 0.141 e. The first-order valence-electron chi connectivity index (χ1n) is 4.64. The van der Waals surface area contributed by atoms with Gasteiger partial charge in [-0.05, 0) is 24.5 Å². The summed E-state index contributed by atoms with van der Waals surface area (Å²) in [4.78, 5) is 0. The van der Waals surface area contributed by atoms with Crippen molar-refractivity contribution in [1.29, 1.82) is 5.26 Å². The fourth-order valence-corrected chi connectivity index (χ4v) is 1.25. The second-order valence-electron chi connectivity index (χ2n) is 3.43. The minimum absolute atomic E-state index is 0.799. The number of aryl methyl sites for hydroxylation is 1. The zero-order valence-electron chi connectivity index (χ0n) is 8.54. The normalized spacial score (nSPS) is 14.4. The number of hydrogen-bond acceptors (Lipinski definition) is 3. The molecule has 3 nitrogen and oxygen atoms in total. The van der Waals surface area contributed by atoms with Gasteiger partial charge in [-0.15, -0.1) is 0 Å². The van der Waals surface area contributed by atoms with E-state index >= 15 is 0 Å². The van der Waals surface area contributed by atoms with E-state index in [4.69, 9.17) is 11.1 Å². The van der Waals surface area contributed by atoms with E-state index in [1.54, 1.807) is 6.92 Å². The maximum Gasteiger partial charge on any atom is 0.141 e. The third kappa shape index (κ3) is 1.92. The lowest BCUT2D eigenvalue weighted by molar-refractivity contribution is 0.482. The van der Waals surface area contributed by atoms with Crippen LogP contribution in [-0.2, 0) is 12.0 Å². The molecule has 0 aliphatic rings. The molecule has 3 N–H and O–H groups in total. The van der Waals surface area contributed by atoms with Gasteiger partial charge in [0, 0.05) is 0 Å². The summed E-state index contributed by atoms with van der Waals surface area (Å²) in [6.07, 6.45) is 1.000. The van der Waals surface area contributed by atoms with Crippen molar-refractivity contribution in [2.75, 3.05) is 0 Å². The van der Waals surface area contributed by atoms with Crippen molar-refractivity contribution in [3.8, 4) is 6.07 Å². The molecule has 0 aromatic heterocycles. The molecule has 74 valence electrons. The Morgan fingerprint density at radius 3 is 2.36 bits per heavy atom. The van der Waals surface area contributed by atoms with Crippen LogP contribution in [0.4, 0.5) is 0 Å². The minimum Gasteiger partial charge on any atom is -0.270 e. The number of nitriles is 1. The molecule has 0 spiro atoms. The van der Waals surface area contributed by atoms with E-state index in [9.17, 15) is 0 Å². The number of nitrogens with two attached hydrogens (primary N) is 1. The summed E-state index contributed by atoms with van der Waals surface area (Å²) in [6, 6.07) is 10.0. The summed E-state index contributed by atoms with van der Waals surface area (Å²) in [5, 5.41) is 8.97. The largest absolute Gasteiger partial charge is 0.270 e. The third-order valence-electron chi connectivity index (χ3n) is 2.45. The van der Waals surface area contributed by atoms with Crippen molar-refractivity contribution in [1.82, 2.24) is 5.43 Å². The van der Waals surface area contributed by atoms with Crippen LogP contribution in [-0.4, -0.2) is 0 Å². The average molecular weight is 189 g/mol. The van der Waals surface area contributed by atoms with Crippen LogP contribution >= 0.6 is 0 Å². The molecule has 0 aliphatic carbocycles. The molecule has 1 aromatic carbocycles. The van der Waals surface area contributed by atoms with E-state index in [0.29, 0.717) is 0 Å². The van der Waals surface area contributed by atoms with Gasteiger partial charge >= 0.3 is 0 Å². The first kappa shape index (κ1) is 10.7. The van der Waals surface area contributed by atoms with E-state index in [1.165, 1.54) is 5.56 Å². The van der Waals surface area contributed by atoms with Crippen LogP contribution in [0.15, 0.2) is 24.3 Å². The van der Waals surface area contributed by atoms with Gasteiger partial charge in [-0.3, -0.25) is 5.84 Å². The lowest BCUT2D eigenvalue weighted by Gasteiger charge is -2.20. The van der Waals surface area contributed by atoms with Crippen LogP contribution < -0.4 is 11.3 Å². The number of hydrazine groups is 1. The van der Waals surface area contributed by atoms with Crippen LogP contribution in [0, 0.1) is 11.3 Å². The van der Waals surface area contributed by atoms with E-state index in [0.717, 1.165) is 12.0 Å². The molecule has 0 aliphatic heterocycles. The Balaban J connectivity index is 3.03. The Morgan fingerprint density at radius 1 is 1.43 bits per heavy atom. The van der Waals surface area contributed by atoms with E-state index in [1.807, 2.05) is 24.3 Å². The fourth-order valence-electron chi connectivity index (χ4n) is 1.25. The predicted molar refractivity (Wildman–Crippen MR) is 56.1 cm³/mol. The highest BCUT2D eigenvalue weighted by molar-refractivity contribution is 5.32. The van der Waals surface area contributed by atoms with Crippen LogP contribution in [0.5, 0.6) is 0 Å². The molecule has 0 radical (unpaired) electrons. The van der Waals surface area contributed by atoms with Crippen LogP contribution in [0.25, 0.3) is 0 Å². The lowest BCUT2D eigenvalue weighted by Crippen LogP contribution is -2.42. The van der Waals surface area contributed by atoms with Crippen molar-refractivity contribution in [2.45, 2.75) is 25.8 Å². The zero-order valence-corrected chi connectivity index (χ0v) is 8.54. The standard InChI is InChI=1S/C11H15N3/c1-3-9-4-6-10(7-5-9)11(2,8-12)14-13/h4-7,14H,3,13H2,1-2H3. The Bertz CT molecular complexity index is 337. The van der Waals surface area contributed by atoms with Crippen molar-refractivity contribution in [3.63, 3.8) is 0 Å². The summed E-state index contributed by atoms with van der Waals surface area (Å²) in [5.41, 5.74) is 3.87. The molecule has 0 bridgehead atoms. The van der Waals surface area contributed by atoms with E-state index in [2.05, 4.69) is 18.4 Å². The summed E-state index contributed by atoms with van der Waals surface area (Å²) >= 11 is 0. The molecule has 0 fully saturated rings. The van der Waals surface area contributed by atoms with Gasteiger partial charge < -0.3 is 0 Å². The summed E-state index contributed by atoms with van der Waals surface area (Å²) in [6.45, 7) is 3.85. The number of hydrogen-bond donors (Lipinski definition) is 2. The van der Waals surface area contributed by atoms with Gasteiger partial charge in [0.05, 0.1) is 6.07 Å². The van der Waals surface area contributed by atoms with Crippen molar-refractivity contribution in [3.05, 3.63) is 35.4 Å². The molecule has 0 saturated heterocycles. The minimum atomic E-state index is -0.799. The molecule has 3 heteroatoms. The second-order valence-corrected chi connectivity index (χ2v) is 3.43. The molecule has 1 aromatic rings. The highest BCUT2D eigenvalue weighted by atomic mass is 15.3. The molecule has 1 unspecified atom stereocenters. The fraction of sp³-hybridized carbons (Fsp3) is 0.364. The monoisotopic (exact) mass is 189 g/mol. The molecular formula is C11H15N3. The van der Waals surface area contributed by atoms with Crippen LogP contribution in [0.1, 0.15) is 25.0 Å². The number of benzene rings is 1. The second kappa shape index (κ2) is 4.23. The first-order chi connectivity index (χ1) is 6.66. The molecular weight excluding hydrogens is 174 g/mol. The van der Waals surface area contributed by atoms with Crippen LogP contribution in [0.3, 0.4) is 0 Å². The summed E-state index contributed by atoms with van der Waals surface area (Å²) in [7, 11) is 0. The van der Waals surface area contributed by atoms with E-state index < -0.39 is 5.54 Å². The maximum atomic E-state index is 8.97. The third-order valence-corrected chi connectivity index (χ3v) is 2.45. The van der Waals surface area contributed by atoms with Gasteiger partial charge in [0.15, 0.2) is 0 Å². The van der Waals surface area contributed by atoms with Crippen molar-refractivity contribution in [2.24, 2.45) is 5.84 Å². The number of nitrogens with one attached hydrogen (secondary N) is 1. The topological polar surface area (TPSA) is 61.8 Å². The SMILES string of the molecule is CCc1ccc(C(C)(C#N)NN)cc1. The maximum absolute atomic E-state index is 8.97. The molecule has 0 amide bonds. The van der Waals surface area contributed by atoms with Crippen molar-refractivity contribution >= 4 is 0 Å². The Labute approximate surface area is 84.5 Å². The first-order valence-corrected chi connectivity index (χ1v) is 4.64. The van der Waals surface area contributed by atoms with Gasteiger partial charge in [0.2, 0.25) is 0 Å². The van der Waals surface area contributed by atoms with Gasteiger partial charge in [0.1, 0.15) is 5.54 Å². The highest BCUT2D eigenvalue weighted by Crippen LogP contribution is 2.19. The number of nitrogens with zero attached hydrogens (tertiary/aromatic N) is 1. The molecule has 0 heterocycles. The van der Waals surface area contributed by atoms with Gasteiger partial charge in [-0.1, -0.05) is 31.2 Å². The number of rotatable bonds is 3. The van der Waals surface area contributed by atoms with Crippen LogP contribution in [0.2, 0.25) is 0 Å². The molecule has 1 rings (SSSR count). The molecule has 0 saturated carbocycles. The van der Waals surface area contributed by atoms with Crippen molar-refractivity contribution < 1.29 is 0 Å². The Kier molecular flexibility index (Phi) is 3.23. The van der Waals surface area contributed by atoms with Gasteiger partial charge in [0.25, 0.3) is 0 Å². The lowest BCUT2D eigenvalue weighted by atomic mass is 9.93. The summed E-state index contributed by atoms with van der Waals surface area (Å²) < 4.78 is 0. The average Bonchev–Trinajstić information content (AvgIpc) is 2.28. The Morgan fingerprint density at radius 2 is 2.00 bits per heavy atom. The molecule has 14 heavy (non-hydrogen) atoms. The Hall–Kier alpha value is -1.37. The van der Waals surface area contributed by atoms with Gasteiger partial charge in [-0.25, -0.2) is 5.43 Å². The van der Waals surface area contributed by atoms with Gasteiger partial charge in [-0.2, -0.15) is 5.26 Å². The highest BCUT2D eigenvalue weighted by Gasteiger charge is 2.23. The quantitative estimate of drug-likeness (QED) is 0.559. The molecule has 1 atom stereocenters. The zero-order chi connectivity index (χ0) is 10.6. The van der Waals surface area contributed by atoms with E-state index in [-0.39, 0.29) is 0 Å². The summed E-state index contributed by atoms with van der Waals surface area (Å²) in [5.74, 6) is 5.35. The predicted octanol–water partition coefficient (Wildman–Crippen LogP) is 1.45.